The van der Waals surface area contributed by atoms with Gasteiger partial charge in [-0.2, -0.15) is 0 Å². The van der Waals surface area contributed by atoms with E-state index < -0.39 is 0 Å². The van der Waals surface area contributed by atoms with Crippen molar-refractivity contribution in [3.8, 4) is 5.82 Å². The fourth-order valence-corrected chi connectivity index (χ4v) is 3.72. The first-order chi connectivity index (χ1) is 10.9. The van der Waals surface area contributed by atoms with E-state index in [0.717, 1.165) is 31.9 Å². The van der Waals surface area contributed by atoms with Crippen molar-refractivity contribution < 1.29 is 4.74 Å². The lowest BCUT2D eigenvalue weighted by Crippen LogP contribution is -2.39. The third-order valence-corrected chi connectivity index (χ3v) is 4.82. The van der Waals surface area contributed by atoms with Crippen molar-refractivity contribution in [2.24, 2.45) is 0 Å². The summed E-state index contributed by atoms with van der Waals surface area (Å²) in [5.74, 6) is 0.953. The lowest BCUT2D eigenvalue weighted by molar-refractivity contribution is 0.0285. The Kier molecular flexibility index (Phi) is 3.91. The molecule has 2 aliphatic heterocycles. The maximum absolute atomic E-state index is 5.52. The van der Waals surface area contributed by atoms with Gasteiger partial charge in [-0.25, -0.2) is 9.97 Å². The normalized spacial score (nSPS) is 23.9. The summed E-state index contributed by atoms with van der Waals surface area (Å²) in [5.41, 5.74) is 1.19. The first kappa shape index (κ1) is 13.9. The standard InChI is InChI=1S/C17H22N4O/c1-3-15(19-17(5-1)20-10-8-18-13-20)16-4-2-9-21(16)14-6-11-22-12-7-14/h1,3,5,8,10,13-14,16H,2,4,6-7,9,11-12H2. The van der Waals surface area contributed by atoms with Crippen LogP contribution in [-0.2, 0) is 4.74 Å². The zero-order valence-electron chi connectivity index (χ0n) is 12.8. The molecule has 1 unspecified atom stereocenters. The number of ether oxygens (including phenoxy) is 1. The van der Waals surface area contributed by atoms with Gasteiger partial charge >= 0.3 is 0 Å². The minimum Gasteiger partial charge on any atom is -0.381 e. The fraction of sp³-hybridized carbons (Fsp3) is 0.529. The third kappa shape index (κ3) is 2.66. The van der Waals surface area contributed by atoms with Crippen LogP contribution in [0.2, 0.25) is 0 Å². The Morgan fingerprint density at radius 3 is 2.86 bits per heavy atom. The van der Waals surface area contributed by atoms with Crippen molar-refractivity contribution in [2.75, 3.05) is 19.8 Å². The second-order valence-corrected chi connectivity index (χ2v) is 6.13. The molecule has 0 spiro atoms. The molecule has 116 valence electrons. The maximum Gasteiger partial charge on any atom is 0.138 e. The summed E-state index contributed by atoms with van der Waals surface area (Å²) in [4.78, 5) is 11.7. The third-order valence-electron chi connectivity index (χ3n) is 4.82. The van der Waals surface area contributed by atoms with Gasteiger partial charge in [-0.3, -0.25) is 9.47 Å². The van der Waals surface area contributed by atoms with Crippen molar-refractivity contribution in [1.29, 1.82) is 0 Å². The predicted molar refractivity (Wildman–Crippen MR) is 83.9 cm³/mol. The van der Waals surface area contributed by atoms with Crippen molar-refractivity contribution in [3.05, 3.63) is 42.6 Å². The minimum atomic E-state index is 0.451. The van der Waals surface area contributed by atoms with Crippen molar-refractivity contribution in [1.82, 2.24) is 19.4 Å². The number of nitrogens with zero attached hydrogens (tertiary/aromatic N) is 4. The molecule has 0 amide bonds. The summed E-state index contributed by atoms with van der Waals surface area (Å²) in [6.07, 6.45) is 10.3. The molecule has 0 bridgehead atoms. The van der Waals surface area contributed by atoms with Gasteiger partial charge in [-0.05, 0) is 44.4 Å². The Hall–Kier alpha value is -1.72. The van der Waals surface area contributed by atoms with Crippen LogP contribution in [-0.4, -0.2) is 45.2 Å². The molecule has 1 atom stereocenters. The molecule has 4 rings (SSSR count). The van der Waals surface area contributed by atoms with E-state index in [2.05, 4.69) is 22.0 Å². The zero-order chi connectivity index (χ0) is 14.8. The average Bonchev–Trinajstić information content (AvgIpc) is 3.27. The summed E-state index contributed by atoms with van der Waals surface area (Å²) in [7, 11) is 0. The smallest absolute Gasteiger partial charge is 0.138 e. The Labute approximate surface area is 130 Å². The number of likely N-dealkylation sites (tertiary alicyclic amines) is 1. The molecular formula is C17H22N4O. The average molecular weight is 298 g/mol. The van der Waals surface area contributed by atoms with Gasteiger partial charge in [0.15, 0.2) is 0 Å². The van der Waals surface area contributed by atoms with Gasteiger partial charge < -0.3 is 4.74 Å². The second kappa shape index (κ2) is 6.18. The molecule has 0 aliphatic carbocycles. The summed E-state index contributed by atoms with van der Waals surface area (Å²) >= 11 is 0. The number of hydrogen-bond donors (Lipinski definition) is 0. The minimum absolute atomic E-state index is 0.451. The predicted octanol–water partition coefficient (Wildman–Crippen LogP) is 2.58. The van der Waals surface area contributed by atoms with E-state index in [0.29, 0.717) is 12.1 Å². The highest BCUT2D eigenvalue weighted by molar-refractivity contribution is 5.26. The van der Waals surface area contributed by atoms with Gasteiger partial charge in [0.2, 0.25) is 0 Å². The van der Waals surface area contributed by atoms with E-state index in [1.165, 1.54) is 25.1 Å². The number of hydrogen-bond acceptors (Lipinski definition) is 4. The van der Waals surface area contributed by atoms with Crippen LogP contribution in [0.25, 0.3) is 5.82 Å². The van der Waals surface area contributed by atoms with Gasteiger partial charge in [-0.1, -0.05) is 6.07 Å². The lowest BCUT2D eigenvalue weighted by atomic mass is 10.0. The molecule has 5 heteroatoms. The van der Waals surface area contributed by atoms with Crippen LogP contribution >= 0.6 is 0 Å². The molecule has 2 aromatic heterocycles. The molecule has 0 aromatic carbocycles. The summed E-state index contributed by atoms with van der Waals surface area (Å²) in [6.45, 7) is 2.99. The summed E-state index contributed by atoms with van der Waals surface area (Å²) in [5, 5.41) is 0. The largest absolute Gasteiger partial charge is 0.381 e. The number of imidazole rings is 1. The molecule has 2 aromatic rings. The Morgan fingerprint density at radius 2 is 2.05 bits per heavy atom. The van der Waals surface area contributed by atoms with E-state index in [4.69, 9.17) is 9.72 Å². The monoisotopic (exact) mass is 298 g/mol. The van der Waals surface area contributed by atoms with Crippen LogP contribution in [0.15, 0.2) is 36.9 Å². The van der Waals surface area contributed by atoms with Crippen LogP contribution in [0.3, 0.4) is 0 Å². The zero-order valence-corrected chi connectivity index (χ0v) is 12.8. The highest BCUT2D eigenvalue weighted by Gasteiger charge is 2.33. The highest BCUT2D eigenvalue weighted by Crippen LogP contribution is 2.35. The first-order valence-electron chi connectivity index (χ1n) is 8.20. The van der Waals surface area contributed by atoms with Gasteiger partial charge in [0.1, 0.15) is 12.1 Å². The van der Waals surface area contributed by atoms with E-state index in [1.54, 1.807) is 12.5 Å². The van der Waals surface area contributed by atoms with E-state index in [-0.39, 0.29) is 0 Å². The van der Waals surface area contributed by atoms with E-state index in [9.17, 15) is 0 Å². The summed E-state index contributed by atoms with van der Waals surface area (Å²) in [6, 6.07) is 7.42. The molecule has 2 aliphatic rings. The Bertz CT molecular complexity index is 607. The SMILES string of the molecule is c1cc(C2CCCN2C2CCOCC2)nc(-n2ccnc2)c1. The van der Waals surface area contributed by atoms with Gasteiger partial charge in [-0.15, -0.1) is 0 Å². The van der Waals surface area contributed by atoms with Crippen molar-refractivity contribution in [3.63, 3.8) is 0 Å². The van der Waals surface area contributed by atoms with Crippen LogP contribution in [0.5, 0.6) is 0 Å². The lowest BCUT2D eigenvalue weighted by Gasteiger charge is -2.35. The van der Waals surface area contributed by atoms with E-state index in [1.807, 2.05) is 16.8 Å². The maximum atomic E-state index is 5.52. The molecule has 0 radical (unpaired) electrons. The second-order valence-electron chi connectivity index (χ2n) is 6.13. The van der Waals surface area contributed by atoms with Crippen LogP contribution in [0, 0.1) is 0 Å². The van der Waals surface area contributed by atoms with Crippen LogP contribution in [0.4, 0.5) is 0 Å². The Balaban J connectivity index is 1.59. The first-order valence-corrected chi connectivity index (χ1v) is 8.20. The number of aromatic nitrogens is 3. The quantitative estimate of drug-likeness (QED) is 0.873. The van der Waals surface area contributed by atoms with Crippen molar-refractivity contribution in [2.45, 2.75) is 37.8 Å². The topological polar surface area (TPSA) is 43.2 Å². The van der Waals surface area contributed by atoms with Crippen LogP contribution < -0.4 is 0 Å². The molecule has 5 nitrogen and oxygen atoms in total. The van der Waals surface area contributed by atoms with Gasteiger partial charge in [0, 0.05) is 31.6 Å². The van der Waals surface area contributed by atoms with E-state index >= 15 is 0 Å². The number of rotatable bonds is 3. The van der Waals surface area contributed by atoms with Crippen LogP contribution in [0.1, 0.15) is 37.4 Å². The molecule has 2 fully saturated rings. The molecule has 2 saturated heterocycles. The van der Waals surface area contributed by atoms with Crippen molar-refractivity contribution >= 4 is 0 Å². The molecule has 0 saturated carbocycles. The summed E-state index contributed by atoms with van der Waals surface area (Å²) < 4.78 is 7.49. The highest BCUT2D eigenvalue weighted by atomic mass is 16.5. The molecule has 22 heavy (non-hydrogen) atoms. The van der Waals surface area contributed by atoms with Gasteiger partial charge in [0.05, 0.1) is 11.7 Å². The van der Waals surface area contributed by atoms with Gasteiger partial charge in [0.25, 0.3) is 0 Å². The fourth-order valence-electron chi connectivity index (χ4n) is 3.72. The number of pyridine rings is 1. The molecule has 4 heterocycles. The molecule has 0 N–H and O–H groups in total. The molecular weight excluding hydrogens is 276 g/mol. The Morgan fingerprint density at radius 1 is 1.14 bits per heavy atom.